The highest BCUT2D eigenvalue weighted by Gasteiger charge is 2.78. The topological polar surface area (TPSA) is 120 Å². The zero-order chi connectivity index (χ0) is 33.9. The number of hydrogen-bond acceptors (Lipinski definition) is 9. The number of furan rings is 1. The molecule has 9 atom stereocenters. The van der Waals surface area contributed by atoms with Crippen LogP contribution < -0.4 is 0 Å². The van der Waals surface area contributed by atoms with Gasteiger partial charge in [0.2, 0.25) is 10.9 Å². The average Bonchev–Trinajstić information content (AvgIpc) is 3.59. The smallest absolute Gasteiger partial charge is 0.375 e. The van der Waals surface area contributed by atoms with Crippen LogP contribution in [0.1, 0.15) is 64.4 Å². The van der Waals surface area contributed by atoms with Crippen LogP contribution in [0.2, 0.25) is 0 Å². The van der Waals surface area contributed by atoms with Crippen molar-refractivity contribution in [3.05, 3.63) is 48.0 Å². The fourth-order valence-electron chi connectivity index (χ4n) is 8.39. The summed E-state index contributed by atoms with van der Waals surface area (Å²) in [6.07, 6.45) is 1.23. The Morgan fingerprint density at radius 3 is 2.59 bits per heavy atom. The van der Waals surface area contributed by atoms with E-state index in [0.29, 0.717) is 0 Å². The summed E-state index contributed by atoms with van der Waals surface area (Å²) in [5.74, 6) is 0.810. The maximum atomic E-state index is 17.7. The number of ether oxygens (including phenoxy) is 2. The third-order valence-corrected chi connectivity index (χ3v) is 11.6. The largest absolute Gasteiger partial charge is 0.457 e. The Hall–Kier alpha value is -2.94. The van der Waals surface area contributed by atoms with Crippen LogP contribution in [-0.2, 0) is 23.9 Å². The van der Waals surface area contributed by atoms with Crippen molar-refractivity contribution in [1.82, 2.24) is 0 Å². The average molecular weight is 679 g/mol. The molecule has 5 rings (SSSR count). The number of aliphatic hydroxyl groups is 1. The Morgan fingerprint density at radius 2 is 1.93 bits per heavy atom. The minimum atomic E-state index is -2.36. The van der Waals surface area contributed by atoms with E-state index < -0.39 is 79.8 Å². The van der Waals surface area contributed by atoms with Crippen LogP contribution in [0.15, 0.2) is 46.6 Å². The first-order chi connectivity index (χ1) is 21.4. The van der Waals surface area contributed by atoms with Gasteiger partial charge in [0.25, 0.3) is 0 Å². The molecule has 8 nitrogen and oxygen atoms in total. The first-order valence-electron chi connectivity index (χ1n) is 15.2. The molecule has 0 spiro atoms. The minimum Gasteiger partial charge on any atom is -0.457 e. The van der Waals surface area contributed by atoms with Crippen molar-refractivity contribution in [1.29, 1.82) is 0 Å². The van der Waals surface area contributed by atoms with E-state index in [0.717, 1.165) is 17.8 Å². The molecular formula is C34H37ClF2O8S. The van der Waals surface area contributed by atoms with Crippen LogP contribution >= 0.6 is 23.4 Å². The molecule has 3 saturated carbocycles. The number of ketones is 1. The first kappa shape index (κ1) is 34.4. The lowest BCUT2D eigenvalue weighted by Crippen LogP contribution is -2.70. The zero-order valence-corrected chi connectivity index (χ0v) is 27.8. The number of rotatable bonds is 6. The SMILES string of the molecule is C[C@@H]1C[C@H]2[C@@H]3C[C@H](F)C4=CC(=O)C=C[C@]4(C)[C@@]3(F)[C@@H](O)C[C@]2(C)[C@@]1(OC(=O)c1ccco1)C(=O)SCC#CCOC(=O)C(C)(C)Cl. The molecule has 4 aliphatic rings. The van der Waals surface area contributed by atoms with Crippen LogP contribution in [-0.4, -0.2) is 68.7 Å². The molecule has 0 radical (unpaired) electrons. The molecule has 0 aliphatic heterocycles. The second-order valence-corrected chi connectivity index (χ2v) is 15.5. The summed E-state index contributed by atoms with van der Waals surface area (Å²) in [6.45, 7) is 7.64. The molecule has 12 heteroatoms. The fourth-order valence-corrected chi connectivity index (χ4v) is 9.44. The van der Waals surface area contributed by atoms with Crippen LogP contribution in [0.25, 0.3) is 0 Å². The van der Waals surface area contributed by atoms with Crippen molar-refractivity contribution in [2.24, 2.45) is 28.6 Å². The number of alkyl halides is 3. The van der Waals surface area contributed by atoms with Crippen molar-refractivity contribution in [3.63, 3.8) is 0 Å². The summed E-state index contributed by atoms with van der Waals surface area (Å²) in [7, 11) is 0. The minimum absolute atomic E-state index is 0.00606. The Labute approximate surface area is 275 Å². The monoisotopic (exact) mass is 678 g/mol. The van der Waals surface area contributed by atoms with Gasteiger partial charge in [0.15, 0.2) is 23.7 Å². The number of halogens is 3. The number of carbonyl (C=O) groups is 4. The van der Waals surface area contributed by atoms with Crippen LogP contribution in [0.5, 0.6) is 0 Å². The fraction of sp³-hybridized carbons (Fsp3) is 0.588. The lowest BCUT2D eigenvalue weighted by Gasteiger charge is -2.63. The number of carbonyl (C=O) groups excluding carboxylic acids is 4. The summed E-state index contributed by atoms with van der Waals surface area (Å²) < 4.78 is 50.0. The van der Waals surface area contributed by atoms with Gasteiger partial charge in [-0.15, -0.1) is 11.6 Å². The second-order valence-electron chi connectivity index (χ2n) is 13.6. The van der Waals surface area contributed by atoms with Gasteiger partial charge in [-0.25, -0.2) is 13.6 Å². The number of aliphatic hydroxyl groups excluding tert-OH is 1. The predicted molar refractivity (Wildman–Crippen MR) is 166 cm³/mol. The highest BCUT2D eigenvalue weighted by atomic mass is 35.5. The molecule has 3 fully saturated rings. The molecule has 248 valence electrons. The van der Waals surface area contributed by atoms with E-state index in [2.05, 4.69) is 11.8 Å². The molecule has 0 unspecified atom stereocenters. The quantitative estimate of drug-likeness (QED) is 0.234. The summed E-state index contributed by atoms with van der Waals surface area (Å²) in [6, 6.07) is 2.89. The van der Waals surface area contributed by atoms with Crippen molar-refractivity contribution < 1.29 is 47.0 Å². The van der Waals surface area contributed by atoms with Gasteiger partial charge in [-0.2, -0.15) is 0 Å². The molecule has 1 N–H and O–H groups in total. The van der Waals surface area contributed by atoms with Crippen molar-refractivity contribution >= 4 is 46.2 Å². The van der Waals surface area contributed by atoms with E-state index in [1.54, 1.807) is 13.8 Å². The molecule has 0 aromatic carbocycles. The maximum absolute atomic E-state index is 17.7. The van der Waals surface area contributed by atoms with E-state index in [4.69, 9.17) is 25.5 Å². The Kier molecular flexibility index (Phi) is 8.93. The highest BCUT2D eigenvalue weighted by Crippen LogP contribution is 2.72. The van der Waals surface area contributed by atoms with Gasteiger partial charge in [0.1, 0.15) is 11.0 Å². The molecule has 0 bridgehead atoms. The number of thioether (sulfide) groups is 1. The summed E-state index contributed by atoms with van der Waals surface area (Å²) in [5.41, 5.74) is -7.15. The molecule has 1 heterocycles. The van der Waals surface area contributed by atoms with E-state index >= 15 is 8.78 Å². The van der Waals surface area contributed by atoms with Crippen molar-refractivity contribution in [2.45, 2.75) is 82.3 Å². The molecule has 4 aliphatic carbocycles. The van der Waals surface area contributed by atoms with E-state index in [9.17, 15) is 24.3 Å². The highest BCUT2D eigenvalue weighted by molar-refractivity contribution is 8.14. The molecule has 1 aromatic rings. The van der Waals surface area contributed by atoms with Crippen molar-refractivity contribution in [2.75, 3.05) is 12.4 Å². The second kappa shape index (κ2) is 11.9. The molecular weight excluding hydrogens is 642 g/mol. The molecule has 0 saturated heterocycles. The van der Waals surface area contributed by atoms with Gasteiger partial charge < -0.3 is 19.0 Å². The molecule has 0 amide bonds. The molecule has 1 aromatic heterocycles. The summed E-state index contributed by atoms with van der Waals surface area (Å²) >= 11 is 6.72. The summed E-state index contributed by atoms with van der Waals surface area (Å²) in [5, 5.41) is 11.2. The number of allylic oxidation sites excluding steroid dienone is 4. The summed E-state index contributed by atoms with van der Waals surface area (Å²) in [4.78, 5) is 50.6. The normalized spacial score (nSPS) is 38.0. The number of fused-ring (bicyclic) bond motifs is 5. The van der Waals surface area contributed by atoms with E-state index in [1.165, 1.54) is 51.3 Å². The van der Waals surface area contributed by atoms with Gasteiger partial charge in [-0.05, 0) is 75.8 Å². The van der Waals surface area contributed by atoms with Gasteiger partial charge in [0.05, 0.1) is 18.1 Å². The van der Waals surface area contributed by atoms with Gasteiger partial charge in [0, 0.05) is 22.7 Å². The van der Waals surface area contributed by atoms with Crippen LogP contribution in [0, 0.1) is 40.4 Å². The maximum Gasteiger partial charge on any atom is 0.375 e. The Balaban J connectivity index is 1.49. The number of esters is 2. The molecule has 46 heavy (non-hydrogen) atoms. The third kappa shape index (κ3) is 5.15. The predicted octanol–water partition coefficient (Wildman–Crippen LogP) is 5.56. The zero-order valence-electron chi connectivity index (χ0n) is 26.2. The van der Waals surface area contributed by atoms with Crippen LogP contribution in [0.3, 0.4) is 0 Å². The van der Waals surface area contributed by atoms with Crippen molar-refractivity contribution in [3.8, 4) is 11.8 Å². The lowest BCUT2D eigenvalue weighted by molar-refractivity contribution is -0.221. The Morgan fingerprint density at radius 1 is 1.22 bits per heavy atom. The standard InChI is InChI=1S/C34H37ClF2O8S/c1-19-15-21-22-17-24(36)23-16-20(38)10-11-31(23,4)33(22,37)26(39)18-32(21,5)34(19,45-27(40)25-9-8-13-43-25)29(42)46-14-7-6-12-44-28(41)30(2,3)35/h8-11,13,16,19,21-22,24,26,39H,12,14-15,17-18H2,1-5H3/t19-,21+,22+,24+,26+,31+,32+,33+,34+/m1/s1. The van der Waals surface area contributed by atoms with E-state index in [1.807, 2.05) is 0 Å². The van der Waals surface area contributed by atoms with Gasteiger partial charge in [-0.3, -0.25) is 14.4 Å². The van der Waals surface area contributed by atoms with E-state index in [-0.39, 0.29) is 43.0 Å². The Bertz CT molecular complexity index is 1560. The number of hydrogen-bond donors (Lipinski definition) is 1. The van der Waals surface area contributed by atoms with Gasteiger partial charge in [-0.1, -0.05) is 43.5 Å². The lowest BCUT2D eigenvalue weighted by atomic mass is 9.44. The van der Waals surface area contributed by atoms with Crippen LogP contribution in [0.4, 0.5) is 8.78 Å². The first-order valence-corrected chi connectivity index (χ1v) is 16.5. The third-order valence-electron chi connectivity index (χ3n) is 10.6. The van der Waals surface area contributed by atoms with Gasteiger partial charge >= 0.3 is 11.9 Å².